The number of aromatic nitrogens is 2. The van der Waals surface area contributed by atoms with Crippen LogP contribution in [0.25, 0.3) is 0 Å². The molecule has 0 aliphatic carbocycles. The lowest BCUT2D eigenvalue weighted by Gasteiger charge is -2.28. The van der Waals surface area contributed by atoms with Crippen molar-refractivity contribution in [1.82, 2.24) is 24.7 Å². The van der Waals surface area contributed by atoms with Gasteiger partial charge in [-0.15, -0.1) is 0 Å². The molecule has 10 heteroatoms. The molecule has 8 nitrogen and oxygen atoms in total. The molecule has 212 valence electrons. The van der Waals surface area contributed by atoms with Gasteiger partial charge in [-0.1, -0.05) is 6.07 Å². The molecule has 2 fully saturated rings. The van der Waals surface area contributed by atoms with E-state index in [-0.39, 0.29) is 30.2 Å². The summed E-state index contributed by atoms with van der Waals surface area (Å²) in [5.74, 6) is -0.489. The number of carbonyl (C=O) groups excluding carboxylic acids is 1. The highest BCUT2D eigenvalue weighted by Gasteiger charge is 2.41. The smallest absolute Gasteiger partial charge is 0.226 e. The summed E-state index contributed by atoms with van der Waals surface area (Å²) in [6.07, 6.45) is 3.10. The van der Waals surface area contributed by atoms with Gasteiger partial charge in [-0.3, -0.25) is 14.7 Å². The molecule has 1 amide bonds. The van der Waals surface area contributed by atoms with Gasteiger partial charge in [0.05, 0.1) is 31.0 Å². The summed E-state index contributed by atoms with van der Waals surface area (Å²) in [5.41, 5.74) is 5.08. The highest BCUT2D eigenvalue weighted by Crippen LogP contribution is 2.41. The number of pyridine rings is 1. The van der Waals surface area contributed by atoms with Crippen LogP contribution < -0.4 is 10.6 Å². The second-order valence-electron chi connectivity index (χ2n) is 10.4. The number of nitrogens with one attached hydrogen (secondary N) is 2. The predicted octanol–water partition coefficient (Wildman–Crippen LogP) is 4.36. The van der Waals surface area contributed by atoms with E-state index in [1.54, 1.807) is 18.3 Å². The predicted molar refractivity (Wildman–Crippen MR) is 158 cm³/mol. The van der Waals surface area contributed by atoms with E-state index in [9.17, 15) is 9.18 Å². The lowest BCUT2D eigenvalue weighted by molar-refractivity contribution is -0.116. The van der Waals surface area contributed by atoms with Gasteiger partial charge in [0.1, 0.15) is 5.82 Å². The van der Waals surface area contributed by atoms with Crippen LogP contribution in [0.1, 0.15) is 47.6 Å². The summed E-state index contributed by atoms with van der Waals surface area (Å²) in [4.78, 5) is 22.0. The van der Waals surface area contributed by atoms with Gasteiger partial charge >= 0.3 is 0 Å². The quantitative estimate of drug-likeness (QED) is 0.355. The molecule has 2 saturated heterocycles. The molecule has 0 bridgehead atoms. The average Bonchev–Trinajstić information content (AvgIpc) is 3.44. The summed E-state index contributed by atoms with van der Waals surface area (Å²) >= 11 is 5.81. The Labute approximate surface area is 240 Å². The minimum Gasteiger partial charge on any atom is -0.379 e. The van der Waals surface area contributed by atoms with Crippen LogP contribution in [0.15, 0.2) is 54.7 Å². The third-order valence-corrected chi connectivity index (χ3v) is 8.15. The molecule has 2 aliphatic rings. The molecule has 3 aromatic rings. The van der Waals surface area contributed by atoms with Gasteiger partial charge in [-0.2, -0.15) is 0 Å². The molecule has 40 heavy (non-hydrogen) atoms. The summed E-state index contributed by atoms with van der Waals surface area (Å²) in [6, 6.07) is 13.7. The highest BCUT2D eigenvalue weighted by molar-refractivity contribution is 7.80. The number of hydrogen-bond acceptors (Lipinski definition) is 5. The Bertz CT molecular complexity index is 1310. The number of halogens is 1. The average molecular weight is 565 g/mol. The van der Waals surface area contributed by atoms with Gasteiger partial charge < -0.3 is 24.8 Å². The van der Waals surface area contributed by atoms with E-state index in [2.05, 4.69) is 49.9 Å². The number of ether oxygens (including phenoxy) is 1. The number of hydrogen-bond donors (Lipinski definition) is 2. The second kappa shape index (κ2) is 12.9. The number of carbonyl (C=O) groups is 1. The Morgan fingerprint density at radius 1 is 1.12 bits per heavy atom. The van der Waals surface area contributed by atoms with Gasteiger partial charge in [-0.25, -0.2) is 4.39 Å². The van der Waals surface area contributed by atoms with Crippen LogP contribution in [0, 0.1) is 19.7 Å². The third-order valence-electron chi connectivity index (χ3n) is 7.80. The fourth-order valence-corrected chi connectivity index (χ4v) is 6.04. The van der Waals surface area contributed by atoms with Crippen LogP contribution in [0.2, 0.25) is 0 Å². The molecule has 0 saturated carbocycles. The Kier molecular flexibility index (Phi) is 9.08. The van der Waals surface area contributed by atoms with Crippen molar-refractivity contribution in [2.75, 3.05) is 44.7 Å². The first-order valence-corrected chi connectivity index (χ1v) is 14.3. The normalized spacial score (nSPS) is 19.6. The van der Waals surface area contributed by atoms with E-state index in [0.717, 1.165) is 51.5 Å². The van der Waals surface area contributed by atoms with Crippen LogP contribution in [0.4, 0.5) is 10.1 Å². The summed E-state index contributed by atoms with van der Waals surface area (Å²) in [7, 11) is 0. The van der Waals surface area contributed by atoms with Crippen LogP contribution in [-0.2, 0) is 16.1 Å². The first-order chi connectivity index (χ1) is 19.4. The maximum absolute atomic E-state index is 13.3. The standard InChI is InChI=1S/C30H37FN6O2S/c1-21-20-25(22(2)36(21)14-5-13-35-16-18-39-19-17-35)29-28(26-6-3-4-12-32-26)34-30(40)37(29)15-11-27(38)33-24-9-7-23(31)8-10-24/h3-4,6-10,12,20,28-29H,5,11,13-19H2,1-2H3,(H,33,38)(H,34,40)/t28-,29-/m1/s1. The fourth-order valence-electron chi connectivity index (χ4n) is 5.71. The van der Waals surface area contributed by atoms with Gasteiger partial charge in [0.15, 0.2) is 5.11 Å². The van der Waals surface area contributed by atoms with E-state index >= 15 is 0 Å². The summed E-state index contributed by atoms with van der Waals surface area (Å²) in [5, 5.41) is 6.94. The molecule has 5 rings (SSSR count). The van der Waals surface area contributed by atoms with Crippen LogP contribution in [-0.4, -0.2) is 69.8 Å². The number of morpholine rings is 1. The SMILES string of the molecule is Cc1cc([C@@H]2[C@@H](c3ccccn3)NC(=S)N2CCC(=O)Nc2ccc(F)cc2)c(C)n1CCCN1CCOCC1. The lowest BCUT2D eigenvalue weighted by Crippen LogP contribution is -2.37. The van der Waals surface area contributed by atoms with Crippen LogP contribution >= 0.6 is 12.2 Å². The molecular formula is C30H37FN6O2S. The lowest BCUT2D eigenvalue weighted by atomic mass is 9.96. The zero-order chi connectivity index (χ0) is 28.1. The number of anilines is 1. The number of benzene rings is 1. The van der Waals surface area contributed by atoms with E-state index in [0.29, 0.717) is 17.3 Å². The van der Waals surface area contributed by atoms with Gasteiger partial charge in [0.2, 0.25) is 5.91 Å². The zero-order valence-electron chi connectivity index (χ0n) is 23.1. The van der Waals surface area contributed by atoms with Gasteiger partial charge in [0, 0.05) is 62.4 Å². The van der Waals surface area contributed by atoms with E-state index in [4.69, 9.17) is 17.0 Å². The first-order valence-electron chi connectivity index (χ1n) is 13.9. The number of rotatable bonds is 10. The maximum Gasteiger partial charge on any atom is 0.226 e. The minimum atomic E-state index is -0.339. The fraction of sp³-hybridized carbons (Fsp3) is 0.433. The molecule has 2 aliphatic heterocycles. The van der Waals surface area contributed by atoms with Crippen molar-refractivity contribution in [1.29, 1.82) is 0 Å². The Morgan fingerprint density at radius 2 is 1.90 bits per heavy atom. The van der Waals surface area contributed by atoms with Crippen molar-refractivity contribution >= 4 is 28.9 Å². The number of nitrogens with zero attached hydrogens (tertiary/aromatic N) is 4. The Balaban J connectivity index is 1.34. The van der Waals surface area contributed by atoms with Crippen molar-refractivity contribution in [2.24, 2.45) is 0 Å². The van der Waals surface area contributed by atoms with Crippen LogP contribution in [0.3, 0.4) is 0 Å². The molecular weight excluding hydrogens is 527 g/mol. The molecule has 0 radical (unpaired) electrons. The van der Waals surface area contributed by atoms with E-state index in [1.165, 1.54) is 29.1 Å². The minimum absolute atomic E-state index is 0.111. The molecule has 2 aromatic heterocycles. The third kappa shape index (κ3) is 6.51. The van der Waals surface area contributed by atoms with E-state index in [1.807, 2.05) is 18.2 Å². The van der Waals surface area contributed by atoms with Crippen molar-refractivity contribution in [3.63, 3.8) is 0 Å². The van der Waals surface area contributed by atoms with Crippen molar-refractivity contribution < 1.29 is 13.9 Å². The van der Waals surface area contributed by atoms with Crippen LogP contribution in [0.5, 0.6) is 0 Å². The molecule has 1 aromatic carbocycles. The zero-order valence-corrected chi connectivity index (χ0v) is 23.9. The van der Waals surface area contributed by atoms with Gasteiger partial charge in [0.25, 0.3) is 0 Å². The highest BCUT2D eigenvalue weighted by atomic mass is 32.1. The second-order valence-corrected chi connectivity index (χ2v) is 10.8. The molecule has 2 N–H and O–H groups in total. The van der Waals surface area contributed by atoms with Crippen molar-refractivity contribution in [3.05, 3.63) is 83.2 Å². The Morgan fingerprint density at radius 3 is 2.62 bits per heavy atom. The number of aryl methyl sites for hydroxylation is 1. The van der Waals surface area contributed by atoms with E-state index < -0.39 is 0 Å². The summed E-state index contributed by atoms with van der Waals surface area (Å²) < 4.78 is 21.1. The first kappa shape index (κ1) is 28.2. The molecule has 2 atom stereocenters. The van der Waals surface area contributed by atoms with Gasteiger partial charge in [-0.05, 0) is 80.5 Å². The van der Waals surface area contributed by atoms with Crippen molar-refractivity contribution in [2.45, 2.75) is 45.3 Å². The largest absolute Gasteiger partial charge is 0.379 e. The molecule has 0 spiro atoms. The molecule has 0 unspecified atom stereocenters. The number of thiocarbonyl (C=S) groups is 1. The monoisotopic (exact) mass is 564 g/mol. The molecule has 4 heterocycles. The maximum atomic E-state index is 13.3. The van der Waals surface area contributed by atoms with Crippen molar-refractivity contribution in [3.8, 4) is 0 Å². The topological polar surface area (TPSA) is 74.7 Å². The number of amides is 1. The summed E-state index contributed by atoms with van der Waals surface area (Å²) in [6.45, 7) is 10.4. The Hall–Kier alpha value is -3.34.